The van der Waals surface area contributed by atoms with Crippen molar-refractivity contribution >= 4 is 35.2 Å². The van der Waals surface area contributed by atoms with Gasteiger partial charge in [-0.1, -0.05) is 37.9 Å². The zero-order valence-corrected chi connectivity index (χ0v) is 18.6. The number of benzene rings is 1. The van der Waals surface area contributed by atoms with E-state index >= 15 is 0 Å². The first-order chi connectivity index (χ1) is 14.7. The number of anilines is 1. The minimum atomic E-state index is -1.09. The van der Waals surface area contributed by atoms with Gasteiger partial charge >= 0.3 is 5.97 Å². The Morgan fingerprint density at radius 3 is 2.71 bits per heavy atom. The molecule has 1 aliphatic heterocycles. The van der Waals surface area contributed by atoms with Crippen molar-refractivity contribution in [3.63, 3.8) is 0 Å². The molecule has 1 aromatic carbocycles. The Hall–Kier alpha value is -2.87. The molecular formula is C22H27ClN4O4. The van der Waals surface area contributed by atoms with E-state index < -0.39 is 17.9 Å². The molecule has 8 nitrogen and oxygen atoms in total. The Bertz CT molecular complexity index is 1000. The first-order valence-corrected chi connectivity index (χ1v) is 10.8. The number of carbonyl (C=O) groups excluding carboxylic acids is 2. The lowest BCUT2D eigenvalue weighted by Crippen LogP contribution is -2.46. The number of aromatic nitrogens is 2. The van der Waals surface area contributed by atoms with E-state index in [1.165, 1.54) is 4.90 Å². The third-order valence-corrected chi connectivity index (χ3v) is 5.97. The Kier molecular flexibility index (Phi) is 7.00. The summed E-state index contributed by atoms with van der Waals surface area (Å²) in [6.07, 6.45) is 3.10. The van der Waals surface area contributed by atoms with Crippen LogP contribution in [0.5, 0.6) is 0 Å². The van der Waals surface area contributed by atoms with Crippen molar-refractivity contribution in [1.29, 1.82) is 0 Å². The zero-order chi connectivity index (χ0) is 22.7. The van der Waals surface area contributed by atoms with E-state index in [0.29, 0.717) is 35.8 Å². The van der Waals surface area contributed by atoms with Crippen molar-refractivity contribution in [2.24, 2.45) is 5.92 Å². The number of hydrogen-bond acceptors (Lipinski definition) is 4. The maximum Gasteiger partial charge on any atom is 0.326 e. The van der Waals surface area contributed by atoms with Gasteiger partial charge in [0.25, 0.3) is 11.8 Å². The van der Waals surface area contributed by atoms with Gasteiger partial charge < -0.3 is 15.0 Å². The van der Waals surface area contributed by atoms with Crippen molar-refractivity contribution in [1.82, 2.24) is 14.9 Å². The smallest absolute Gasteiger partial charge is 0.326 e. The highest BCUT2D eigenvalue weighted by atomic mass is 35.5. The molecule has 0 aliphatic carbocycles. The quantitative estimate of drug-likeness (QED) is 0.678. The van der Waals surface area contributed by atoms with Crippen LogP contribution in [-0.4, -0.2) is 45.5 Å². The van der Waals surface area contributed by atoms with Crippen LogP contribution in [0.3, 0.4) is 0 Å². The number of carbonyl (C=O) groups is 3. The summed E-state index contributed by atoms with van der Waals surface area (Å²) < 4.78 is 1.80. The minimum absolute atomic E-state index is 0.210. The fourth-order valence-electron chi connectivity index (χ4n) is 3.73. The Morgan fingerprint density at radius 2 is 2.06 bits per heavy atom. The van der Waals surface area contributed by atoms with Crippen LogP contribution in [0, 0.1) is 5.92 Å². The largest absolute Gasteiger partial charge is 0.480 e. The zero-order valence-electron chi connectivity index (χ0n) is 17.9. The van der Waals surface area contributed by atoms with E-state index in [9.17, 15) is 19.5 Å². The second kappa shape index (κ2) is 9.51. The molecule has 0 saturated heterocycles. The number of nitrogens with one attached hydrogen (secondary N) is 1. The molecule has 3 rings (SSSR count). The second-order valence-electron chi connectivity index (χ2n) is 7.86. The highest BCUT2D eigenvalue weighted by Gasteiger charge is 2.33. The molecule has 2 amide bonds. The summed E-state index contributed by atoms with van der Waals surface area (Å²) in [6, 6.07) is 5.52. The molecule has 2 unspecified atom stereocenters. The van der Waals surface area contributed by atoms with Crippen LogP contribution in [0.4, 0.5) is 5.82 Å². The van der Waals surface area contributed by atoms with Crippen molar-refractivity contribution in [2.45, 2.75) is 52.1 Å². The summed E-state index contributed by atoms with van der Waals surface area (Å²) in [4.78, 5) is 44.0. The number of fused-ring (bicyclic) bond motifs is 1. The number of rotatable bonds is 7. The average molecular weight is 447 g/mol. The number of nitrogens with zero attached hydrogens (tertiary/aromatic N) is 3. The summed E-state index contributed by atoms with van der Waals surface area (Å²) in [7, 11) is 1.55. The molecule has 2 aromatic rings. The van der Waals surface area contributed by atoms with Crippen molar-refractivity contribution in [3.8, 4) is 0 Å². The lowest BCUT2D eigenvalue weighted by Gasteiger charge is -2.23. The molecule has 166 valence electrons. The third kappa shape index (κ3) is 4.74. The molecule has 9 heteroatoms. The Labute approximate surface area is 186 Å². The summed E-state index contributed by atoms with van der Waals surface area (Å²) in [5.74, 6) is -1.32. The predicted molar refractivity (Wildman–Crippen MR) is 118 cm³/mol. The molecule has 31 heavy (non-hydrogen) atoms. The topological polar surface area (TPSA) is 105 Å². The van der Waals surface area contributed by atoms with E-state index in [2.05, 4.69) is 10.3 Å². The van der Waals surface area contributed by atoms with Gasteiger partial charge in [-0.15, -0.1) is 0 Å². The van der Waals surface area contributed by atoms with Crippen molar-refractivity contribution in [3.05, 3.63) is 46.4 Å². The van der Waals surface area contributed by atoms with Crippen LogP contribution in [0.1, 0.15) is 59.8 Å². The predicted octanol–water partition coefficient (Wildman–Crippen LogP) is 3.38. The number of carboxylic acid groups (broad SMARTS) is 1. The molecule has 0 bridgehead atoms. The van der Waals surface area contributed by atoms with Crippen LogP contribution in [-0.2, 0) is 17.8 Å². The van der Waals surface area contributed by atoms with Gasteiger partial charge in [-0.05, 0) is 37.0 Å². The van der Waals surface area contributed by atoms with E-state index in [-0.39, 0.29) is 23.3 Å². The fraction of sp³-hybridized carbons (Fsp3) is 0.455. The normalized spacial score (nSPS) is 15.0. The van der Waals surface area contributed by atoms with Gasteiger partial charge in [0, 0.05) is 30.6 Å². The van der Waals surface area contributed by atoms with E-state index in [4.69, 9.17) is 11.6 Å². The highest BCUT2D eigenvalue weighted by molar-refractivity contribution is 6.31. The van der Waals surface area contributed by atoms with Crippen LogP contribution >= 0.6 is 11.6 Å². The van der Waals surface area contributed by atoms with Crippen LogP contribution in [0.2, 0.25) is 5.02 Å². The summed E-state index contributed by atoms with van der Waals surface area (Å²) in [5, 5.41) is 12.7. The van der Waals surface area contributed by atoms with Gasteiger partial charge in [-0.2, -0.15) is 0 Å². The van der Waals surface area contributed by atoms with Gasteiger partial charge in [0.1, 0.15) is 11.9 Å². The van der Waals surface area contributed by atoms with Crippen LogP contribution in [0.15, 0.2) is 24.3 Å². The first-order valence-electron chi connectivity index (χ1n) is 10.4. The van der Waals surface area contributed by atoms with E-state index in [1.807, 2.05) is 6.92 Å². The lowest BCUT2D eigenvalue weighted by molar-refractivity contribution is -0.140. The number of amides is 2. The molecule has 0 saturated carbocycles. The molecule has 1 aliphatic rings. The lowest BCUT2D eigenvalue weighted by atomic mass is 9.99. The second-order valence-corrected chi connectivity index (χ2v) is 8.29. The number of halogens is 1. The molecule has 0 fully saturated rings. The SMILES string of the molecule is CCC(C)C(NC(=O)c1c(N(C)C(=O)c2cccc(Cl)c2)nc2n1CCCC2)C(=O)O. The first kappa shape index (κ1) is 22.8. The molecule has 0 radical (unpaired) electrons. The average Bonchev–Trinajstić information content (AvgIpc) is 3.15. The number of aliphatic carboxylic acids is 1. The molecule has 1 aromatic heterocycles. The molecular weight excluding hydrogens is 420 g/mol. The van der Waals surface area contributed by atoms with Crippen LogP contribution in [0.25, 0.3) is 0 Å². The van der Waals surface area contributed by atoms with Gasteiger partial charge in [-0.3, -0.25) is 14.5 Å². The van der Waals surface area contributed by atoms with Gasteiger partial charge in [-0.25, -0.2) is 9.78 Å². The van der Waals surface area contributed by atoms with Crippen LogP contribution < -0.4 is 10.2 Å². The van der Waals surface area contributed by atoms with Crippen molar-refractivity contribution < 1.29 is 19.5 Å². The Morgan fingerprint density at radius 1 is 1.32 bits per heavy atom. The Balaban J connectivity index is 2.00. The molecule has 2 heterocycles. The maximum atomic E-state index is 13.3. The van der Waals surface area contributed by atoms with Gasteiger partial charge in [0.05, 0.1) is 0 Å². The van der Waals surface area contributed by atoms with E-state index in [0.717, 1.165) is 12.8 Å². The fourth-order valence-corrected chi connectivity index (χ4v) is 3.92. The number of aryl methyl sites for hydroxylation is 1. The minimum Gasteiger partial charge on any atom is -0.480 e. The number of carboxylic acids is 1. The standard InChI is InChI=1S/C22H27ClN4O4/c1-4-13(2)17(22(30)31)25-20(28)18-19(24-16-10-5-6-11-27(16)18)26(3)21(29)14-8-7-9-15(23)12-14/h7-9,12-13,17H,4-6,10-11H2,1-3H3,(H,25,28)(H,30,31). The number of hydrogen-bond donors (Lipinski definition) is 2. The molecule has 2 atom stereocenters. The van der Waals surface area contributed by atoms with Gasteiger partial charge in [0.15, 0.2) is 11.5 Å². The number of imidazole rings is 1. The summed E-state index contributed by atoms with van der Waals surface area (Å²) in [5.41, 5.74) is 0.581. The highest BCUT2D eigenvalue weighted by Crippen LogP contribution is 2.27. The third-order valence-electron chi connectivity index (χ3n) is 5.73. The van der Waals surface area contributed by atoms with Crippen molar-refractivity contribution in [2.75, 3.05) is 11.9 Å². The van der Waals surface area contributed by atoms with E-state index in [1.54, 1.807) is 42.8 Å². The summed E-state index contributed by atoms with van der Waals surface area (Å²) in [6.45, 7) is 4.24. The molecule has 2 N–H and O–H groups in total. The summed E-state index contributed by atoms with van der Waals surface area (Å²) >= 11 is 6.02. The maximum absolute atomic E-state index is 13.3. The monoisotopic (exact) mass is 446 g/mol. The molecule has 0 spiro atoms. The van der Waals surface area contributed by atoms with Gasteiger partial charge in [0.2, 0.25) is 0 Å².